The third kappa shape index (κ3) is 6.32. The van der Waals surface area contributed by atoms with Crippen molar-refractivity contribution in [2.24, 2.45) is 0 Å². The van der Waals surface area contributed by atoms with Gasteiger partial charge in [0, 0.05) is 16.8 Å². The van der Waals surface area contributed by atoms with E-state index in [1.165, 1.54) is 43.3 Å². The van der Waals surface area contributed by atoms with E-state index in [4.69, 9.17) is 21.1 Å². The molecule has 0 spiro atoms. The maximum atomic E-state index is 12.8. The summed E-state index contributed by atoms with van der Waals surface area (Å²) in [6.07, 6.45) is 0. The van der Waals surface area contributed by atoms with Gasteiger partial charge in [-0.15, -0.1) is 0 Å². The Morgan fingerprint density at radius 1 is 0.947 bits per heavy atom. The fourth-order valence-corrected chi connectivity index (χ4v) is 6.00. The van der Waals surface area contributed by atoms with Crippen LogP contribution in [0.25, 0.3) is 0 Å². The minimum absolute atomic E-state index is 0.0265. The molecule has 0 radical (unpaired) electrons. The second-order valence-corrected chi connectivity index (χ2v) is 12.7. The minimum atomic E-state index is -3.91. The van der Waals surface area contributed by atoms with Crippen LogP contribution in [0.1, 0.15) is 12.5 Å². The Labute approximate surface area is 226 Å². The summed E-state index contributed by atoms with van der Waals surface area (Å²) in [5.74, 6) is 0.0535. The van der Waals surface area contributed by atoms with Crippen molar-refractivity contribution in [1.82, 2.24) is 0 Å². The highest BCUT2D eigenvalue weighted by molar-refractivity contribution is 7.93. The normalized spacial score (nSPS) is 13.0. The first-order chi connectivity index (χ1) is 18.0. The Bertz CT molecular complexity index is 1560. The van der Waals surface area contributed by atoms with Crippen LogP contribution in [0.4, 0.5) is 17.1 Å². The molecule has 13 heteroatoms. The highest BCUT2D eigenvalue weighted by Gasteiger charge is 2.26. The van der Waals surface area contributed by atoms with Crippen LogP contribution < -0.4 is 23.8 Å². The second-order valence-electron chi connectivity index (χ2n) is 8.37. The van der Waals surface area contributed by atoms with Crippen LogP contribution in [0, 0.1) is 6.92 Å². The number of benzene rings is 3. The molecule has 0 aromatic heterocycles. The Balaban J connectivity index is 1.48. The minimum Gasteiger partial charge on any atom is -0.486 e. The zero-order chi connectivity index (χ0) is 27.5. The van der Waals surface area contributed by atoms with Gasteiger partial charge in [-0.05, 0) is 67.9 Å². The molecule has 1 amide bonds. The Kier molecular flexibility index (Phi) is 8.05. The molecule has 1 heterocycles. The van der Waals surface area contributed by atoms with Crippen molar-refractivity contribution in [3.63, 3.8) is 0 Å². The number of carbonyl (C=O) groups excluding carboxylic acids is 1. The third-order valence-corrected chi connectivity index (χ3v) is 9.05. The molecule has 202 valence electrons. The number of nitrogens with one attached hydrogen (secondary N) is 2. The van der Waals surface area contributed by atoms with Crippen molar-refractivity contribution in [1.29, 1.82) is 0 Å². The van der Waals surface area contributed by atoms with Gasteiger partial charge in [-0.25, -0.2) is 16.8 Å². The highest BCUT2D eigenvalue weighted by atomic mass is 35.5. The average molecular weight is 580 g/mol. The molecule has 4 rings (SSSR count). The van der Waals surface area contributed by atoms with E-state index in [-0.39, 0.29) is 16.3 Å². The predicted molar refractivity (Wildman–Crippen MR) is 146 cm³/mol. The van der Waals surface area contributed by atoms with Crippen molar-refractivity contribution in [2.75, 3.05) is 39.9 Å². The fourth-order valence-electron chi connectivity index (χ4n) is 3.65. The topological polar surface area (TPSA) is 131 Å². The predicted octanol–water partition coefficient (Wildman–Crippen LogP) is 4.02. The van der Waals surface area contributed by atoms with Crippen molar-refractivity contribution < 1.29 is 31.1 Å². The van der Waals surface area contributed by atoms with Crippen LogP contribution in [0.2, 0.25) is 5.02 Å². The monoisotopic (exact) mass is 579 g/mol. The fraction of sp³-hybridized carbons (Fsp3) is 0.240. The van der Waals surface area contributed by atoms with Crippen LogP contribution in [0.15, 0.2) is 65.6 Å². The number of aryl methyl sites for hydroxylation is 1. The number of amides is 1. The molecule has 3 aromatic rings. The number of anilines is 3. The van der Waals surface area contributed by atoms with Crippen LogP contribution in [0.3, 0.4) is 0 Å². The standard InChI is InChI=1S/C25H26ClN3O7S2/c1-3-37(31,32)29(20-8-11-23-24(15-20)36-13-12-35-23)16-25(30)27-19-6-9-21(10-7-19)38(33,34)28-22-14-18(26)5-4-17(22)2/h4-11,14-15,28H,3,12-13,16H2,1-2H3,(H,27,30). The summed E-state index contributed by atoms with van der Waals surface area (Å²) in [6, 6.07) is 15.0. The summed E-state index contributed by atoms with van der Waals surface area (Å²) in [5.41, 5.74) is 1.61. The number of nitrogens with zero attached hydrogens (tertiary/aromatic N) is 1. The molecule has 0 fully saturated rings. The quantitative estimate of drug-likeness (QED) is 0.391. The number of carbonyl (C=O) groups is 1. The first-order valence-electron chi connectivity index (χ1n) is 11.6. The summed E-state index contributed by atoms with van der Waals surface area (Å²) in [7, 11) is -7.72. The number of rotatable bonds is 9. The molecule has 0 atom stereocenters. The SMILES string of the molecule is CCS(=O)(=O)N(CC(=O)Nc1ccc(S(=O)(=O)Nc2cc(Cl)ccc2C)cc1)c1ccc2c(c1)OCCO2. The zero-order valence-corrected chi connectivity index (χ0v) is 23.0. The Morgan fingerprint density at radius 3 is 2.32 bits per heavy atom. The molecule has 0 unspecified atom stereocenters. The van der Waals surface area contributed by atoms with E-state index in [2.05, 4.69) is 10.0 Å². The summed E-state index contributed by atoms with van der Waals surface area (Å²) >= 11 is 5.98. The number of hydrogen-bond donors (Lipinski definition) is 2. The molecule has 38 heavy (non-hydrogen) atoms. The van der Waals surface area contributed by atoms with Gasteiger partial charge in [-0.2, -0.15) is 0 Å². The van der Waals surface area contributed by atoms with Crippen LogP contribution >= 0.6 is 11.6 Å². The molecule has 0 saturated carbocycles. The van der Waals surface area contributed by atoms with Crippen LogP contribution in [0.5, 0.6) is 11.5 Å². The zero-order valence-electron chi connectivity index (χ0n) is 20.6. The van der Waals surface area contributed by atoms with Gasteiger partial charge in [0.1, 0.15) is 19.8 Å². The Hall–Kier alpha value is -3.48. The van der Waals surface area contributed by atoms with Gasteiger partial charge in [-0.1, -0.05) is 17.7 Å². The largest absolute Gasteiger partial charge is 0.486 e. The molecular weight excluding hydrogens is 554 g/mol. The molecule has 10 nitrogen and oxygen atoms in total. The molecule has 1 aliphatic heterocycles. The molecule has 0 bridgehead atoms. The van der Waals surface area contributed by atoms with Gasteiger partial charge >= 0.3 is 0 Å². The molecular formula is C25H26ClN3O7S2. The second kappa shape index (κ2) is 11.1. The van der Waals surface area contributed by atoms with E-state index < -0.39 is 32.5 Å². The highest BCUT2D eigenvalue weighted by Crippen LogP contribution is 2.35. The lowest BCUT2D eigenvalue weighted by molar-refractivity contribution is -0.114. The van der Waals surface area contributed by atoms with Gasteiger partial charge < -0.3 is 14.8 Å². The molecule has 0 saturated heterocycles. The lowest BCUT2D eigenvalue weighted by atomic mass is 10.2. The number of halogens is 1. The average Bonchev–Trinajstić information content (AvgIpc) is 2.89. The van der Waals surface area contributed by atoms with Gasteiger partial charge in [0.15, 0.2) is 11.5 Å². The molecule has 3 aromatic carbocycles. The first-order valence-corrected chi connectivity index (χ1v) is 15.0. The smallest absolute Gasteiger partial charge is 0.261 e. The van der Waals surface area contributed by atoms with Crippen LogP contribution in [-0.2, 0) is 24.8 Å². The summed E-state index contributed by atoms with van der Waals surface area (Å²) < 4.78 is 65.7. The van der Waals surface area contributed by atoms with Crippen molar-refractivity contribution in [2.45, 2.75) is 18.7 Å². The van der Waals surface area contributed by atoms with Crippen molar-refractivity contribution in [3.05, 3.63) is 71.2 Å². The first kappa shape index (κ1) is 27.6. The van der Waals surface area contributed by atoms with Gasteiger partial charge in [0.05, 0.1) is 22.0 Å². The number of sulfonamides is 2. The van der Waals surface area contributed by atoms with E-state index >= 15 is 0 Å². The molecule has 0 aliphatic carbocycles. The van der Waals surface area contributed by atoms with Gasteiger partial charge in [0.2, 0.25) is 15.9 Å². The lowest BCUT2D eigenvalue weighted by Crippen LogP contribution is -2.39. The summed E-state index contributed by atoms with van der Waals surface area (Å²) in [5, 5.41) is 3.00. The summed E-state index contributed by atoms with van der Waals surface area (Å²) in [4.78, 5) is 12.8. The Morgan fingerprint density at radius 2 is 1.63 bits per heavy atom. The van der Waals surface area contributed by atoms with Crippen molar-refractivity contribution in [3.8, 4) is 11.5 Å². The van der Waals surface area contributed by atoms with E-state index in [1.807, 2.05) is 0 Å². The maximum Gasteiger partial charge on any atom is 0.261 e. The lowest BCUT2D eigenvalue weighted by Gasteiger charge is -2.25. The van der Waals surface area contributed by atoms with E-state index in [0.29, 0.717) is 46.7 Å². The maximum absolute atomic E-state index is 12.8. The van der Waals surface area contributed by atoms with E-state index in [1.54, 1.807) is 31.2 Å². The molecule has 2 N–H and O–H groups in total. The number of hydrogen-bond acceptors (Lipinski definition) is 7. The number of fused-ring (bicyclic) bond motifs is 1. The van der Waals surface area contributed by atoms with Crippen molar-refractivity contribution >= 4 is 54.6 Å². The van der Waals surface area contributed by atoms with E-state index in [9.17, 15) is 21.6 Å². The van der Waals surface area contributed by atoms with Gasteiger partial charge in [-0.3, -0.25) is 13.8 Å². The van der Waals surface area contributed by atoms with E-state index in [0.717, 1.165) is 4.31 Å². The van der Waals surface area contributed by atoms with Gasteiger partial charge in [0.25, 0.3) is 10.0 Å². The summed E-state index contributed by atoms with van der Waals surface area (Å²) in [6.45, 7) is 3.46. The number of ether oxygens (including phenoxy) is 2. The third-order valence-electron chi connectivity index (χ3n) is 5.69. The van der Waals surface area contributed by atoms with Crippen LogP contribution in [-0.4, -0.2) is 48.3 Å². The molecule has 1 aliphatic rings.